The number of hydrogen-bond donors (Lipinski definition) is 0. The maximum atomic E-state index is 6.34. The second-order valence-electron chi connectivity index (χ2n) is 8.72. The summed E-state index contributed by atoms with van der Waals surface area (Å²) in [5, 5.41) is 0. The zero-order valence-electron chi connectivity index (χ0n) is 23.8. The molecule has 0 N–H and O–H groups in total. The molecule has 10 unspecified atom stereocenters. The van der Waals surface area contributed by atoms with Gasteiger partial charge < -0.3 is 52.1 Å². The fourth-order valence-corrected chi connectivity index (χ4v) is 4.90. The van der Waals surface area contributed by atoms with E-state index in [2.05, 4.69) is 46.1 Å². The third-order valence-electron chi connectivity index (χ3n) is 6.41. The predicted octanol–water partition coefficient (Wildman–Crippen LogP) is 3.91. The van der Waals surface area contributed by atoms with Gasteiger partial charge in [-0.3, -0.25) is 0 Å². The quantitative estimate of drug-likeness (QED) is 0.174. The Balaban J connectivity index is 2.26. The van der Waals surface area contributed by atoms with Crippen LogP contribution in [0.2, 0.25) is 0 Å². The Hall–Kier alpha value is -3.38. The molecule has 41 heavy (non-hydrogen) atoms. The van der Waals surface area contributed by atoms with Crippen LogP contribution in [0.1, 0.15) is 6.92 Å². The Morgan fingerprint density at radius 3 is 1.17 bits per heavy atom. The van der Waals surface area contributed by atoms with E-state index in [1.807, 2.05) is 6.92 Å². The fourth-order valence-electron chi connectivity index (χ4n) is 4.90. The molecule has 2 saturated heterocycles. The van der Waals surface area contributed by atoms with Gasteiger partial charge in [0.15, 0.2) is 30.5 Å². The molecule has 10 atom stereocenters. The van der Waals surface area contributed by atoms with Crippen molar-refractivity contribution in [1.29, 1.82) is 0 Å². The summed E-state index contributed by atoms with van der Waals surface area (Å²) in [7, 11) is 0. The van der Waals surface area contributed by atoms with Gasteiger partial charge in [-0.1, -0.05) is 46.1 Å². The van der Waals surface area contributed by atoms with Crippen LogP contribution in [0, 0.1) is 0 Å². The highest BCUT2D eigenvalue weighted by Gasteiger charge is 2.51. The van der Waals surface area contributed by atoms with E-state index in [1.165, 1.54) is 43.8 Å². The lowest BCUT2D eigenvalue weighted by Crippen LogP contribution is -2.62. The summed E-state index contributed by atoms with van der Waals surface area (Å²) >= 11 is 0. The first-order chi connectivity index (χ1) is 20.0. The van der Waals surface area contributed by atoms with Gasteiger partial charge in [0.25, 0.3) is 0 Å². The molecule has 0 aromatic rings. The molecular formula is C30H44O11. The first-order valence-corrected chi connectivity index (χ1v) is 13.3. The Labute approximate surface area is 243 Å². The molecule has 2 aliphatic rings. The zero-order valence-corrected chi connectivity index (χ0v) is 23.8. The van der Waals surface area contributed by atoms with Gasteiger partial charge >= 0.3 is 0 Å². The maximum Gasteiger partial charge on any atom is 0.176 e. The van der Waals surface area contributed by atoms with Gasteiger partial charge in [-0.25, -0.2) is 0 Å². The minimum absolute atomic E-state index is 0.0903. The second kappa shape index (κ2) is 18.9. The van der Waals surface area contributed by atoms with Crippen LogP contribution in [0.25, 0.3) is 0 Å². The molecule has 11 nitrogen and oxygen atoms in total. The topological polar surface area (TPSA) is 102 Å². The largest absolute Gasteiger partial charge is 0.499 e. The summed E-state index contributed by atoms with van der Waals surface area (Å²) in [5.74, 6) is 0. The van der Waals surface area contributed by atoms with Crippen molar-refractivity contribution in [2.24, 2.45) is 0 Å². The van der Waals surface area contributed by atoms with Gasteiger partial charge in [-0.05, 0) is 6.92 Å². The number of hydrogen-bond acceptors (Lipinski definition) is 11. The van der Waals surface area contributed by atoms with E-state index in [0.717, 1.165) is 0 Å². The van der Waals surface area contributed by atoms with Gasteiger partial charge in [-0.2, -0.15) is 0 Å². The van der Waals surface area contributed by atoms with Gasteiger partial charge in [-0.15, -0.1) is 0 Å². The average molecular weight is 581 g/mol. The molecule has 2 heterocycles. The Morgan fingerprint density at radius 1 is 0.463 bits per heavy atom. The first kappa shape index (κ1) is 33.8. The monoisotopic (exact) mass is 580 g/mol. The molecule has 2 fully saturated rings. The minimum Gasteiger partial charge on any atom is -0.499 e. The minimum atomic E-state index is -0.665. The number of rotatable bonds is 22. The summed E-state index contributed by atoms with van der Waals surface area (Å²) in [6.45, 7) is 28.4. The van der Waals surface area contributed by atoms with Crippen LogP contribution in [-0.2, 0) is 52.1 Å². The van der Waals surface area contributed by atoms with Crippen LogP contribution >= 0.6 is 0 Å². The molecule has 0 saturated carbocycles. The van der Waals surface area contributed by atoms with Crippen molar-refractivity contribution in [3.8, 4) is 0 Å². The average Bonchev–Trinajstić information content (AvgIpc) is 2.97. The van der Waals surface area contributed by atoms with Gasteiger partial charge in [0.05, 0.1) is 57.0 Å². The van der Waals surface area contributed by atoms with Gasteiger partial charge in [0.2, 0.25) is 0 Å². The van der Waals surface area contributed by atoms with Crippen LogP contribution in [0.3, 0.4) is 0 Å². The molecular weight excluding hydrogens is 536 g/mol. The lowest BCUT2D eigenvalue weighted by atomic mass is 9.94. The Morgan fingerprint density at radius 2 is 0.805 bits per heavy atom. The van der Waals surface area contributed by atoms with E-state index in [0.29, 0.717) is 6.61 Å². The molecule has 2 aliphatic heterocycles. The first-order valence-electron chi connectivity index (χ1n) is 13.3. The molecule has 2 rings (SSSR count). The van der Waals surface area contributed by atoms with Crippen LogP contribution in [-0.4, -0.2) is 94.1 Å². The molecule has 0 aromatic heterocycles. The maximum absolute atomic E-state index is 6.34. The van der Waals surface area contributed by atoms with Crippen molar-refractivity contribution in [2.75, 3.05) is 33.0 Å². The van der Waals surface area contributed by atoms with Crippen molar-refractivity contribution >= 4 is 0 Å². The highest BCUT2D eigenvalue weighted by atomic mass is 16.6. The SMILES string of the molecule is C=COCC1OC(COCC2OC(COC=C)C(OC=C)C(OC=C)C2OCC)C(OC=C)C(OC=C)C1OC=C. The van der Waals surface area contributed by atoms with E-state index in [1.54, 1.807) is 0 Å². The van der Waals surface area contributed by atoms with E-state index in [-0.39, 0.29) is 26.4 Å². The third-order valence-corrected chi connectivity index (χ3v) is 6.41. The highest BCUT2D eigenvalue weighted by molar-refractivity contribution is 4.99. The second-order valence-corrected chi connectivity index (χ2v) is 8.72. The van der Waals surface area contributed by atoms with E-state index < -0.39 is 61.0 Å². The third kappa shape index (κ3) is 9.32. The fraction of sp³-hybridized carbons (Fsp3) is 0.533. The van der Waals surface area contributed by atoms with E-state index >= 15 is 0 Å². The Kier molecular flexibility index (Phi) is 15.6. The molecule has 11 heteroatoms. The smallest absolute Gasteiger partial charge is 0.176 e. The normalized spacial score (nSPS) is 32.7. The highest BCUT2D eigenvalue weighted by Crippen LogP contribution is 2.31. The molecule has 0 aliphatic carbocycles. The van der Waals surface area contributed by atoms with Crippen molar-refractivity contribution < 1.29 is 52.1 Å². The van der Waals surface area contributed by atoms with Crippen LogP contribution < -0.4 is 0 Å². The molecule has 0 radical (unpaired) electrons. The van der Waals surface area contributed by atoms with Crippen molar-refractivity contribution in [3.63, 3.8) is 0 Å². The van der Waals surface area contributed by atoms with Crippen LogP contribution in [0.5, 0.6) is 0 Å². The molecule has 0 spiro atoms. The summed E-state index contributed by atoms with van der Waals surface area (Å²) in [6, 6.07) is 0. The van der Waals surface area contributed by atoms with Crippen molar-refractivity contribution in [1.82, 2.24) is 0 Å². The number of ether oxygens (including phenoxy) is 11. The summed E-state index contributed by atoms with van der Waals surface area (Å²) < 4.78 is 64.7. The summed E-state index contributed by atoms with van der Waals surface area (Å²) in [4.78, 5) is 0. The van der Waals surface area contributed by atoms with E-state index in [4.69, 9.17) is 52.1 Å². The van der Waals surface area contributed by atoms with Crippen LogP contribution in [0.15, 0.2) is 89.9 Å². The molecule has 0 bridgehead atoms. The molecule has 230 valence electrons. The zero-order chi connectivity index (χ0) is 30.0. The van der Waals surface area contributed by atoms with Crippen LogP contribution in [0.4, 0.5) is 0 Å². The van der Waals surface area contributed by atoms with Gasteiger partial charge in [0, 0.05) is 6.61 Å². The van der Waals surface area contributed by atoms with Gasteiger partial charge in [0.1, 0.15) is 43.7 Å². The standard InChI is InChI=1S/C30H44O11/c1-9-31-17-21-25(34-11-3)29(38-15-7)27(36-13-5)23(40-21)19-33-20-24-28(37-14-6)30(39-16-8)26(35-12-4)22(41-24)18-32-10-2/h9-13,15-16,21-30H,1-5,7-8,14,17-20H2,6H3. The predicted molar refractivity (Wildman–Crippen MR) is 151 cm³/mol. The van der Waals surface area contributed by atoms with Crippen molar-refractivity contribution in [3.05, 3.63) is 89.9 Å². The Bertz CT molecular complexity index is 833. The lowest BCUT2D eigenvalue weighted by Gasteiger charge is -2.46. The summed E-state index contributed by atoms with van der Waals surface area (Å²) in [5.41, 5.74) is 0. The van der Waals surface area contributed by atoms with Crippen molar-refractivity contribution in [2.45, 2.75) is 68.0 Å². The molecule has 0 aromatic carbocycles. The van der Waals surface area contributed by atoms with E-state index in [9.17, 15) is 0 Å². The summed E-state index contributed by atoms with van der Waals surface area (Å²) in [6.07, 6.45) is 3.26. The lowest BCUT2D eigenvalue weighted by molar-refractivity contribution is -0.262. The molecule has 0 amide bonds.